The Labute approximate surface area is 112 Å². The molecule has 0 aliphatic carbocycles. The molecule has 94 valence electrons. The SMILES string of the molecule is NC(CCSCc1ccc(F)c(Br)c1)C(=O)O. The van der Waals surface area contributed by atoms with Crippen LogP contribution in [0, 0.1) is 5.82 Å². The Morgan fingerprint density at radius 1 is 1.59 bits per heavy atom. The summed E-state index contributed by atoms with van der Waals surface area (Å²) in [6.45, 7) is 0. The maximum absolute atomic E-state index is 12.9. The zero-order valence-corrected chi connectivity index (χ0v) is 11.4. The monoisotopic (exact) mass is 321 g/mol. The number of thioether (sulfide) groups is 1. The van der Waals surface area contributed by atoms with E-state index in [9.17, 15) is 9.18 Å². The van der Waals surface area contributed by atoms with Crippen LogP contribution < -0.4 is 5.73 Å². The summed E-state index contributed by atoms with van der Waals surface area (Å²) in [5.74, 6) is 0.120. The maximum Gasteiger partial charge on any atom is 0.320 e. The second-order valence-electron chi connectivity index (χ2n) is 3.53. The molecule has 1 aromatic carbocycles. The van der Waals surface area contributed by atoms with Crippen molar-refractivity contribution >= 4 is 33.7 Å². The first kappa shape index (κ1) is 14.5. The van der Waals surface area contributed by atoms with Gasteiger partial charge in [-0.05, 0) is 45.8 Å². The van der Waals surface area contributed by atoms with Crippen molar-refractivity contribution in [1.29, 1.82) is 0 Å². The lowest BCUT2D eigenvalue weighted by atomic mass is 10.2. The van der Waals surface area contributed by atoms with Gasteiger partial charge in [-0.25, -0.2) is 4.39 Å². The number of nitrogens with two attached hydrogens (primary N) is 1. The van der Waals surface area contributed by atoms with Crippen LogP contribution in [0.1, 0.15) is 12.0 Å². The van der Waals surface area contributed by atoms with Gasteiger partial charge in [0.1, 0.15) is 11.9 Å². The van der Waals surface area contributed by atoms with Gasteiger partial charge in [0.2, 0.25) is 0 Å². The zero-order chi connectivity index (χ0) is 12.8. The molecule has 0 aromatic heterocycles. The van der Waals surface area contributed by atoms with Crippen molar-refractivity contribution in [2.45, 2.75) is 18.2 Å². The molecule has 1 rings (SSSR count). The molecule has 0 aliphatic rings. The molecule has 3 nitrogen and oxygen atoms in total. The third-order valence-electron chi connectivity index (χ3n) is 2.14. The van der Waals surface area contributed by atoms with E-state index in [1.165, 1.54) is 6.07 Å². The van der Waals surface area contributed by atoms with E-state index in [2.05, 4.69) is 15.9 Å². The Morgan fingerprint density at radius 3 is 2.88 bits per heavy atom. The molecule has 3 N–H and O–H groups in total. The average Bonchev–Trinajstić information content (AvgIpc) is 2.28. The Hall–Kier alpha value is -0.590. The number of halogens is 2. The van der Waals surface area contributed by atoms with Gasteiger partial charge in [-0.15, -0.1) is 0 Å². The third kappa shape index (κ3) is 5.06. The van der Waals surface area contributed by atoms with Crippen LogP contribution >= 0.6 is 27.7 Å². The molecule has 0 radical (unpaired) electrons. The number of carbonyl (C=O) groups is 1. The van der Waals surface area contributed by atoms with Crippen molar-refractivity contribution in [3.8, 4) is 0 Å². The molecular weight excluding hydrogens is 309 g/mol. The largest absolute Gasteiger partial charge is 0.480 e. The summed E-state index contributed by atoms with van der Waals surface area (Å²) in [7, 11) is 0. The summed E-state index contributed by atoms with van der Waals surface area (Å²) >= 11 is 4.70. The summed E-state index contributed by atoms with van der Waals surface area (Å²) < 4.78 is 13.4. The van der Waals surface area contributed by atoms with E-state index < -0.39 is 12.0 Å². The number of benzene rings is 1. The molecule has 0 saturated heterocycles. The van der Waals surface area contributed by atoms with Gasteiger partial charge >= 0.3 is 5.97 Å². The number of carboxylic acids is 1. The predicted octanol–water partition coefficient (Wildman–Crippen LogP) is 2.62. The van der Waals surface area contributed by atoms with Gasteiger partial charge in [-0.3, -0.25) is 4.79 Å². The lowest BCUT2D eigenvalue weighted by Crippen LogP contribution is -2.30. The van der Waals surface area contributed by atoms with Crippen LogP contribution in [0.4, 0.5) is 4.39 Å². The van der Waals surface area contributed by atoms with Gasteiger partial charge in [-0.2, -0.15) is 11.8 Å². The highest BCUT2D eigenvalue weighted by Gasteiger charge is 2.10. The molecule has 0 saturated carbocycles. The summed E-state index contributed by atoms with van der Waals surface area (Å²) in [5, 5.41) is 8.58. The first-order valence-corrected chi connectivity index (χ1v) is 6.95. The molecule has 0 amide bonds. The van der Waals surface area contributed by atoms with E-state index in [4.69, 9.17) is 10.8 Å². The number of rotatable bonds is 6. The fourth-order valence-corrected chi connectivity index (χ4v) is 2.56. The maximum atomic E-state index is 12.9. The molecular formula is C11H13BrFNO2S. The first-order valence-electron chi connectivity index (χ1n) is 5.00. The summed E-state index contributed by atoms with van der Waals surface area (Å²) in [5.41, 5.74) is 6.36. The number of hydrogen-bond acceptors (Lipinski definition) is 3. The molecule has 1 unspecified atom stereocenters. The van der Waals surface area contributed by atoms with Crippen molar-refractivity contribution in [2.24, 2.45) is 5.73 Å². The Balaban J connectivity index is 2.31. The van der Waals surface area contributed by atoms with E-state index in [0.29, 0.717) is 22.4 Å². The minimum absolute atomic E-state index is 0.286. The molecule has 1 atom stereocenters. The summed E-state index contributed by atoms with van der Waals surface area (Å²) in [6, 6.07) is 4.04. The second-order valence-corrected chi connectivity index (χ2v) is 5.49. The molecule has 17 heavy (non-hydrogen) atoms. The quantitative estimate of drug-likeness (QED) is 0.790. The average molecular weight is 322 g/mol. The number of hydrogen-bond donors (Lipinski definition) is 2. The number of aliphatic carboxylic acids is 1. The molecule has 6 heteroatoms. The van der Waals surface area contributed by atoms with Gasteiger partial charge < -0.3 is 10.8 Å². The fraction of sp³-hybridized carbons (Fsp3) is 0.364. The van der Waals surface area contributed by atoms with Crippen molar-refractivity contribution in [3.05, 3.63) is 34.1 Å². The normalized spacial score (nSPS) is 12.4. The minimum Gasteiger partial charge on any atom is -0.480 e. The summed E-state index contributed by atoms with van der Waals surface area (Å²) in [6.07, 6.45) is 0.433. The highest BCUT2D eigenvalue weighted by molar-refractivity contribution is 9.10. The van der Waals surface area contributed by atoms with Crippen LogP contribution in [0.25, 0.3) is 0 Å². The van der Waals surface area contributed by atoms with Crippen LogP contribution in [0.5, 0.6) is 0 Å². The molecule has 0 aliphatic heterocycles. The van der Waals surface area contributed by atoms with E-state index in [0.717, 1.165) is 5.56 Å². The van der Waals surface area contributed by atoms with Crippen molar-refractivity contribution < 1.29 is 14.3 Å². The van der Waals surface area contributed by atoms with E-state index in [1.807, 2.05) is 0 Å². The van der Waals surface area contributed by atoms with E-state index in [-0.39, 0.29) is 5.82 Å². The minimum atomic E-state index is -0.977. The standard InChI is InChI=1S/C11H13BrFNO2S/c12-8-5-7(1-2-9(8)13)6-17-4-3-10(14)11(15)16/h1-2,5,10H,3-4,6,14H2,(H,15,16). The Kier molecular flexibility index (Phi) is 5.94. The van der Waals surface area contributed by atoms with Gasteiger partial charge in [0.15, 0.2) is 0 Å². The van der Waals surface area contributed by atoms with E-state index >= 15 is 0 Å². The van der Waals surface area contributed by atoms with E-state index in [1.54, 1.807) is 23.9 Å². The molecule has 0 spiro atoms. The predicted molar refractivity (Wildman–Crippen MR) is 70.5 cm³/mol. The van der Waals surface area contributed by atoms with Crippen LogP contribution in [0.15, 0.2) is 22.7 Å². The molecule has 0 fully saturated rings. The lowest BCUT2D eigenvalue weighted by molar-refractivity contribution is -0.138. The zero-order valence-electron chi connectivity index (χ0n) is 9.03. The molecule has 0 bridgehead atoms. The van der Waals surface area contributed by atoms with Crippen LogP contribution in [-0.4, -0.2) is 22.9 Å². The highest BCUT2D eigenvalue weighted by atomic mass is 79.9. The van der Waals surface area contributed by atoms with Crippen molar-refractivity contribution in [3.63, 3.8) is 0 Å². The summed E-state index contributed by atoms with van der Waals surface area (Å²) in [4.78, 5) is 10.5. The number of carboxylic acid groups (broad SMARTS) is 1. The topological polar surface area (TPSA) is 63.3 Å². The van der Waals surface area contributed by atoms with Gasteiger partial charge in [0.25, 0.3) is 0 Å². The lowest BCUT2D eigenvalue weighted by Gasteiger charge is -2.06. The van der Waals surface area contributed by atoms with Crippen LogP contribution in [0.2, 0.25) is 0 Å². The van der Waals surface area contributed by atoms with Crippen molar-refractivity contribution in [2.75, 3.05) is 5.75 Å². The highest BCUT2D eigenvalue weighted by Crippen LogP contribution is 2.20. The van der Waals surface area contributed by atoms with Crippen molar-refractivity contribution in [1.82, 2.24) is 0 Å². The smallest absolute Gasteiger partial charge is 0.320 e. The van der Waals surface area contributed by atoms with Gasteiger partial charge in [-0.1, -0.05) is 6.07 Å². The first-order chi connectivity index (χ1) is 8.00. The fourth-order valence-electron chi connectivity index (χ4n) is 1.15. The third-order valence-corrected chi connectivity index (χ3v) is 3.81. The second kappa shape index (κ2) is 6.98. The molecule has 0 heterocycles. The van der Waals surface area contributed by atoms with Gasteiger partial charge in [0.05, 0.1) is 4.47 Å². The Bertz CT molecular complexity index is 403. The molecule has 1 aromatic rings. The van der Waals surface area contributed by atoms with Crippen LogP contribution in [0.3, 0.4) is 0 Å². The van der Waals surface area contributed by atoms with Crippen LogP contribution in [-0.2, 0) is 10.5 Å². The Morgan fingerprint density at radius 2 is 2.29 bits per heavy atom. The van der Waals surface area contributed by atoms with Gasteiger partial charge in [0, 0.05) is 5.75 Å².